The highest BCUT2D eigenvalue weighted by atomic mass is 32.2. The molecule has 0 amide bonds. The maximum atomic E-state index is 2.18. The van der Waals surface area contributed by atoms with Crippen molar-refractivity contribution in [1.29, 1.82) is 0 Å². The second-order valence-corrected chi connectivity index (χ2v) is 3.54. The number of thioether (sulfide) groups is 1. The number of rotatable bonds is 1. The standard InChI is InChI=1S/C4H8S.C4H10/c1-2-4-5-3-1;1-3-4-2/h1-4H2;3-4H2,1-2H3. The van der Waals surface area contributed by atoms with Crippen LogP contribution in [0.1, 0.15) is 39.5 Å². The van der Waals surface area contributed by atoms with Gasteiger partial charge in [-0.1, -0.05) is 26.7 Å². The summed E-state index contributed by atoms with van der Waals surface area (Å²) in [5, 5.41) is 0. The molecule has 0 bridgehead atoms. The van der Waals surface area contributed by atoms with E-state index in [2.05, 4.69) is 25.6 Å². The number of hydrogen-bond acceptors (Lipinski definition) is 1. The van der Waals surface area contributed by atoms with Crippen molar-refractivity contribution in [2.24, 2.45) is 0 Å². The van der Waals surface area contributed by atoms with E-state index in [1.165, 1.54) is 37.2 Å². The Labute approximate surface area is 63.4 Å². The van der Waals surface area contributed by atoms with Crippen LogP contribution in [0.25, 0.3) is 0 Å². The smallest absolute Gasteiger partial charge is 0.00672 e. The van der Waals surface area contributed by atoms with Crippen LogP contribution in [0.15, 0.2) is 0 Å². The van der Waals surface area contributed by atoms with Crippen molar-refractivity contribution in [3.8, 4) is 0 Å². The molecule has 1 saturated heterocycles. The Morgan fingerprint density at radius 2 is 1.44 bits per heavy atom. The van der Waals surface area contributed by atoms with Gasteiger partial charge in [0.05, 0.1) is 0 Å². The zero-order valence-electron chi connectivity index (χ0n) is 6.65. The molecule has 0 saturated carbocycles. The van der Waals surface area contributed by atoms with E-state index in [1.807, 2.05) is 0 Å². The van der Waals surface area contributed by atoms with E-state index in [1.54, 1.807) is 0 Å². The lowest BCUT2D eigenvalue weighted by Gasteiger charge is -1.69. The van der Waals surface area contributed by atoms with Gasteiger partial charge in [-0.05, 0) is 24.3 Å². The molecule has 1 rings (SSSR count). The van der Waals surface area contributed by atoms with Crippen LogP contribution in [0.3, 0.4) is 0 Å². The Morgan fingerprint density at radius 3 is 1.56 bits per heavy atom. The van der Waals surface area contributed by atoms with Crippen molar-refractivity contribution in [3.63, 3.8) is 0 Å². The zero-order chi connectivity index (χ0) is 6.95. The first kappa shape index (κ1) is 9.35. The Balaban J connectivity index is 0.000000148. The molecule has 0 radical (unpaired) electrons. The van der Waals surface area contributed by atoms with Crippen molar-refractivity contribution in [3.05, 3.63) is 0 Å². The molecule has 0 N–H and O–H groups in total. The van der Waals surface area contributed by atoms with Gasteiger partial charge in [0, 0.05) is 0 Å². The lowest BCUT2D eigenvalue weighted by Crippen LogP contribution is -1.58. The van der Waals surface area contributed by atoms with E-state index < -0.39 is 0 Å². The topological polar surface area (TPSA) is 0 Å². The third-order valence-electron chi connectivity index (χ3n) is 1.33. The third-order valence-corrected chi connectivity index (χ3v) is 2.48. The normalized spacial score (nSPS) is 16.7. The van der Waals surface area contributed by atoms with E-state index in [0.29, 0.717) is 0 Å². The van der Waals surface area contributed by atoms with Gasteiger partial charge < -0.3 is 0 Å². The highest BCUT2D eigenvalue weighted by Gasteiger charge is 1.95. The van der Waals surface area contributed by atoms with Gasteiger partial charge in [0.25, 0.3) is 0 Å². The minimum absolute atomic E-state index is 1.32. The Hall–Kier alpha value is 0.350. The van der Waals surface area contributed by atoms with E-state index in [9.17, 15) is 0 Å². The van der Waals surface area contributed by atoms with Crippen LogP contribution in [0.4, 0.5) is 0 Å². The van der Waals surface area contributed by atoms with Gasteiger partial charge in [-0.2, -0.15) is 11.8 Å². The molecule has 1 heterocycles. The summed E-state index contributed by atoms with van der Waals surface area (Å²) in [5.41, 5.74) is 0. The van der Waals surface area contributed by atoms with E-state index in [-0.39, 0.29) is 0 Å². The molecule has 0 aliphatic carbocycles. The number of hydrogen-bond donors (Lipinski definition) is 0. The van der Waals surface area contributed by atoms with Crippen LogP contribution in [-0.4, -0.2) is 11.5 Å². The van der Waals surface area contributed by atoms with Crippen LogP contribution >= 0.6 is 11.8 Å². The molecule has 0 aromatic heterocycles. The molecule has 0 aromatic rings. The lowest BCUT2D eigenvalue weighted by atomic mass is 10.4. The first-order valence-corrected chi connectivity index (χ1v) is 5.15. The molecule has 0 aromatic carbocycles. The summed E-state index contributed by atoms with van der Waals surface area (Å²) < 4.78 is 0. The average molecular weight is 146 g/mol. The molecule has 0 spiro atoms. The maximum Gasteiger partial charge on any atom is -0.00672 e. The minimum atomic E-state index is 1.32. The SMILES string of the molecule is C1CCSC1.CCCC. The van der Waals surface area contributed by atoms with Gasteiger partial charge in [0.15, 0.2) is 0 Å². The second kappa shape index (κ2) is 8.35. The van der Waals surface area contributed by atoms with Gasteiger partial charge in [0.2, 0.25) is 0 Å². The molecular weight excluding hydrogens is 128 g/mol. The predicted octanol–water partition coefficient (Wildman–Crippen LogP) is 3.32. The summed E-state index contributed by atoms with van der Waals surface area (Å²) >= 11 is 2.07. The lowest BCUT2D eigenvalue weighted by molar-refractivity contribution is 0.886. The average Bonchev–Trinajstić information content (AvgIpc) is 2.43. The van der Waals surface area contributed by atoms with E-state index >= 15 is 0 Å². The summed E-state index contributed by atoms with van der Waals surface area (Å²) in [6.07, 6.45) is 5.56. The summed E-state index contributed by atoms with van der Waals surface area (Å²) in [5.74, 6) is 2.83. The molecule has 9 heavy (non-hydrogen) atoms. The van der Waals surface area contributed by atoms with Crippen LogP contribution in [0.5, 0.6) is 0 Å². The quantitative estimate of drug-likeness (QED) is 0.547. The Morgan fingerprint density at radius 1 is 1.00 bits per heavy atom. The monoisotopic (exact) mass is 146 g/mol. The highest BCUT2D eigenvalue weighted by molar-refractivity contribution is 7.99. The largest absolute Gasteiger partial charge is 0.162 e. The maximum absolute atomic E-state index is 2.18. The first-order chi connectivity index (χ1) is 4.41. The Bertz CT molecular complexity index is 30.2. The first-order valence-electron chi connectivity index (χ1n) is 3.99. The fourth-order valence-electron chi connectivity index (χ4n) is 0.510. The minimum Gasteiger partial charge on any atom is -0.162 e. The van der Waals surface area contributed by atoms with Crippen molar-refractivity contribution < 1.29 is 0 Å². The van der Waals surface area contributed by atoms with Crippen molar-refractivity contribution in [1.82, 2.24) is 0 Å². The molecule has 56 valence electrons. The van der Waals surface area contributed by atoms with E-state index in [0.717, 1.165) is 0 Å². The summed E-state index contributed by atoms with van der Waals surface area (Å²) in [4.78, 5) is 0. The van der Waals surface area contributed by atoms with E-state index in [4.69, 9.17) is 0 Å². The summed E-state index contributed by atoms with van der Waals surface area (Å²) in [6, 6.07) is 0. The molecule has 0 nitrogen and oxygen atoms in total. The van der Waals surface area contributed by atoms with Crippen LogP contribution < -0.4 is 0 Å². The molecule has 1 aliphatic heterocycles. The van der Waals surface area contributed by atoms with Crippen LogP contribution in [0, 0.1) is 0 Å². The van der Waals surface area contributed by atoms with Gasteiger partial charge in [-0.15, -0.1) is 0 Å². The fraction of sp³-hybridized carbons (Fsp3) is 1.00. The van der Waals surface area contributed by atoms with Crippen molar-refractivity contribution >= 4 is 11.8 Å². The molecule has 0 atom stereocenters. The van der Waals surface area contributed by atoms with Gasteiger partial charge in [-0.25, -0.2) is 0 Å². The van der Waals surface area contributed by atoms with Crippen LogP contribution in [-0.2, 0) is 0 Å². The zero-order valence-corrected chi connectivity index (χ0v) is 7.47. The van der Waals surface area contributed by atoms with Crippen molar-refractivity contribution in [2.45, 2.75) is 39.5 Å². The molecular formula is C8H18S. The summed E-state index contributed by atoms with van der Waals surface area (Å²) in [6.45, 7) is 4.36. The third kappa shape index (κ3) is 8.35. The highest BCUT2D eigenvalue weighted by Crippen LogP contribution is 2.14. The van der Waals surface area contributed by atoms with Gasteiger partial charge in [0.1, 0.15) is 0 Å². The van der Waals surface area contributed by atoms with Gasteiger partial charge in [-0.3, -0.25) is 0 Å². The molecule has 0 unspecified atom stereocenters. The van der Waals surface area contributed by atoms with Gasteiger partial charge >= 0.3 is 0 Å². The Kier molecular flexibility index (Phi) is 8.67. The second-order valence-electron chi connectivity index (χ2n) is 2.32. The molecule has 1 heteroatoms. The molecule has 1 aliphatic rings. The summed E-state index contributed by atoms with van der Waals surface area (Å²) in [7, 11) is 0. The van der Waals surface area contributed by atoms with Crippen LogP contribution in [0.2, 0.25) is 0 Å². The number of unbranched alkanes of at least 4 members (excludes halogenated alkanes) is 1. The predicted molar refractivity (Wildman–Crippen MR) is 47.1 cm³/mol. The fourth-order valence-corrected chi connectivity index (χ4v) is 1.53. The van der Waals surface area contributed by atoms with Crippen molar-refractivity contribution in [2.75, 3.05) is 11.5 Å². The molecule has 1 fully saturated rings.